The Morgan fingerprint density at radius 1 is 0.593 bits per heavy atom. The molecule has 0 unspecified atom stereocenters. The molecule has 0 aliphatic heterocycles. The van der Waals surface area contributed by atoms with E-state index in [0.29, 0.717) is 6.07 Å². The normalized spacial score (nSPS) is 12.3. The van der Waals surface area contributed by atoms with Gasteiger partial charge in [-0.15, -0.1) is 0 Å². The number of halogens is 7. The zero-order valence-corrected chi connectivity index (χ0v) is 13.4. The molecule has 0 radical (unpaired) electrons. The van der Waals surface area contributed by atoms with Crippen LogP contribution in [0, 0.1) is 5.95 Å². The van der Waals surface area contributed by atoms with Gasteiger partial charge in [0.15, 0.2) is 0 Å². The summed E-state index contributed by atoms with van der Waals surface area (Å²) >= 11 is 0. The van der Waals surface area contributed by atoms with Crippen LogP contribution in [0.2, 0.25) is 0 Å². The Bertz CT molecular complexity index is 974. The maximum atomic E-state index is 13.7. The van der Waals surface area contributed by atoms with Crippen LogP contribution in [0.1, 0.15) is 11.1 Å². The van der Waals surface area contributed by atoms with Crippen molar-refractivity contribution in [3.63, 3.8) is 0 Å². The fraction of sp³-hybridized carbons (Fsp3) is 0.105. The molecule has 3 rings (SSSR count). The van der Waals surface area contributed by atoms with Gasteiger partial charge in [0.25, 0.3) is 0 Å². The molecule has 1 heterocycles. The predicted octanol–water partition coefficient (Wildman–Crippen LogP) is 6.59. The van der Waals surface area contributed by atoms with Gasteiger partial charge >= 0.3 is 12.4 Å². The summed E-state index contributed by atoms with van der Waals surface area (Å²) in [7, 11) is 0. The minimum Gasteiger partial charge on any atom is -0.228 e. The molecule has 0 spiro atoms. The van der Waals surface area contributed by atoms with Crippen LogP contribution in [0.5, 0.6) is 0 Å². The van der Waals surface area contributed by atoms with Crippen molar-refractivity contribution in [3.8, 4) is 22.3 Å². The average Bonchev–Trinajstić information content (AvgIpc) is 2.60. The lowest BCUT2D eigenvalue weighted by Gasteiger charge is -2.18. The van der Waals surface area contributed by atoms with Gasteiger partial charge in [-0.05, 0) is 28.8 Å². The molecule has 0 fully saturated rings. The molecule has 0 aliphatic carbocycles. The van der Waals surface area contributed by atoms with Crippen molar-refractivity contribution in [2.24, 2.45) is 0 Å². The molecule has 27 heavy (non-hydrogen) atoms. The summed E-state index contributed by atoms with van der Waals surface area (Å²) in [6.45, 7) is 0. The highest BCUT2D eigenvalue weighted by molar-refractivity contribution is 5.86. The van der Waals surface area contributed by atoms with E-state index in [0.717, 1.165) is 42.6 Å². The quantitative estimate of drug-likeness (QED) is 0.358. The summed E-state index contributed by atoms with van der Waals surface area (Å²) in [5.41, 5.74) is -3.53. The number of aromatic nitrogens is 1. The lowest BCUT2D eigenvalue weighted by atomic mass is 9.91. The van der Waals surface area contributed by atoms with E-state index in [-0.39, 0.29) is 16.7 Å². The molecule has 0 N–H and O–H groups in total. The first-order valence-corrected chi connectivity index (χ1v) is 7.58. The average molecular weight is 385 g/mol. The Balaban J connectivity index is 2.34. The lowest BCUT2D eigenvalue weighted by Crippen LogP contribution is -2.09. The fourth-order valence-corrected chi connectivity index (χ4v) is 2.80. The van der Waals surface area contributed by atoms with Crippen LogP contribution in [0.3, 0.4) is 0 Å². The van der Waals surface area contributed by atoms with Gasteiger partial charge < -0.3 is 0 Å². The molecule has 0 saturated carbocycles. The first-order chi connectivity index (χ1) is 12.6. The van der Waals surface area contributed by atoms with Crippen molar-refractivity contribution >= 4 is 0 Å². The molecule has 0 aliphatic rings. The molecule has 1 nitrogen and oxygen atoms in total. The van der Waals surface area contributed by atoms with Crippen LogP contribution >= 0.6 is 0 Å². The second-order valence-corrected chi connectivity index (χ2v) is 5.64. The maximum absolute atomic E-state index is 13.7. The van der Waals surface area contributed by atoms with Crippen molar-refractivity contribution in [2.45, 2.75) is 12.4 Å². The van der Waals surface area contributed by atoms with E-state index >= 15 is 0 Å². The van der Waals surface area contributed by atoms with E-state index in [1.165, 1.54) is 12.1 Å². The number of pyridine rings is 1. The molecular weight excluding hydrogens is 375 g/mol. The molecule has 0 bridgehead atoms. The summed E-state index contributed by atoms with van der Waals surface area (Å²) in [6, 6.07) is 9.39. The monoisotopic (exact) mass is 385 g/mol. The van der Waals surface area contributed by atoms with Gasteiger partial charge in [-0.2, -0.15) is 30.7 Å². The smallest absolute Gasteiger partial charge is 0.228 e. The number of nitrogens with zero attached hydrogens (tertiary/aromatic N) is 1. The maximum Gasteiger partial charge on any atom is 0.417 e. The summed E-state index contributed by atoms with van der Waals surface area (Å²) in [4.78, 5) is 3.34. The highest BCUT2D eigenvalue weighted by atomic mass is 19.4. The van der Waals surface area contributed by atoms with Crippen molar-refractivity contribution < 1.29 is 30.7 Å². The Hall–Kier alpha value is -2.90. The first-order valence-electron chi connectivity index (χ1n) is 7.58. The van der Waals surface area contributed by atoms with Crippen molar-refractivity contribution in [1.82, 2.24) is 4.98 Å². The summed E-state index contributed by atoms with van der Waals surface area (Å²) < 4.78 is 93.8. The van der Waals surface area contributed by atoms with Crippen LogP contribution in [-0.4, -0.2) is 4.98 Å². The Morgan fingerprint density at radius 2 is 1.04 bits per heavy atom. The number of hydrogen-bond acceptors (Lipinski definition) is 1. The molecule has 140 valence electrons. The van der Waals surface area contributed by atoms with Crippen LogP contribution in [0.25, 0.3) is 22.3 Å². The van der Waals surface area contributed by atoms with E-state index in [2.05, 4.69) is 4.98 Å². The zero-order valence-electron chi connectivity index (χ0n) is 13.4. The van der Waals surface area contributed by atoms with E-state index in [4.69, 9.17) is 0 Å². The van der Waals surface area contributed by atoms with Gasteiger partial charge in [-0.1, -0.05) is 36.4 Å². The number of benzene rings is 2. The van der Waals surface area contributed by atoms with Crippen LogP contribution in [-0.2, 0) is 12.4 Å². The molecular formula is C19H10F7N. The topological polar surface area (TPSA) is 12.9 Å². The largest absolute Gasteiger partial charge is 0.417 e. The summed E-state index contributed by atoms with van der Waals surface area (Å²) in [5, 5.41) is 0. The Labute approximate surface area is 149 Å². The third kappa shape index (κ3) is 3.79. The molecule has 0 amide bonds. The van der Waals surface area contributed by atoms with E-state index in [1.54, 1.807) is 0 Å². The minimum absolute atomic E-state index is 0.249. The number of hydrogen-bond donors (Lipinski definition) is 0. The third-order valence-electron chi connectivity index (χ3n) is 3.92. The minimum atomic E-state index is -4.77. The van der Waals surface area contributed by atoms with Crippen LogP contribution < -0.4 is 0 Å². The van der Waals surface area contributed by atoms with Crippen LogP contribution in [0.4, 0.5) is 30.7 Å². The predicted molar refractivity (Wildman–Crippen MR) is 85.1 cm³/mol. The summed E-state index contributed by atoms with van der Waals surface area (Å²) in [6.07, 6.45) is -8.70. The van der Waals surface area contributed by atoms with Gasteiger partial charge in [0.1, 0.15) is 0 Å². The molecule has 2 aromatic carbocycles. The van der Waals surface area contributed by atoms with Gasteiger partial charge in [-0.3, -0.25) is 0 Å². The first kappa shape index (κ1) is 18.9. The third-order valence-corrected chi connectivity index (χ3v) is 3.92. The Kier molecular flexibility index (Phi) is 4.67. The lowest BCUT2D eigenvalue weighted by molar-refractivity contribution is -0.138. The van der Waals surface area contributed by atoms with Gasteiger partial charge in [0.2, 0.25) is 5.95 Å². The standard InChI is InChI=1S/C19H10F7N/c20-17-9-13(11-5-1-3-7-15(11)18(21,22)23)14(10-27-17)12-6-2-4-8-16(12)19(24,25)26/h1-10H. The van der Waals surface area contributed by atoms with E-state index < -0.39 is 35.0 Å². The van der Waals surface area contributed by atoms with Gasteiger partial charge in [-0.25, -0.2) is 4.98 Å². The molecule has 1 aromatic heterocycles. The second kappa shape index (κ2) is 6.68. The fourth-order valence-electron chi connectivity index (χ4n) is 2.80. The molecule has 8 heteroatoms. The molecule has 3 aromatic rings. The number of rotatable bonds is 2. The SMILES string of the molecule is Fc1cc(-c2ccccc2C(F)(F)F)c(-c2ccccc2C(F)(F)F)cn1. The van der Waals surface area contributed by atoms with Crippen LogP contribution in [0.15, 0.2) is 60.8 Å². The van der Waals surface area contributed by atoms with Gasteiger partial charge in [0, 0.05) is 17.8 Å². The zero-order chi connectivity index (χ0) is 19.8. The van der Waals surface area contributed by atoms with Crippen molar-refractivity contribution in [1.29, 1.82) is 0 Å². The van der Waals surface area contributed by atoms with Gasteiger partial charge in [0.05, 0.1) is 11.1 Å². The van der Waals surface area contributed by atoms with E-state index in [1.807, 2.05) is 0 Å². The molecule has 0 saturated heterocycles. The van der Waals surface area contributed by atoms with E-state index in [9.17, 15) is 30.7 Å². The van der Waals surface area contributed by atoms with Crippen molar-refractivity contribution in [2.75, 3.05) is 0 Å². The highest BCUT2D eigenvalue weighted by Crippen LogP contribution is 2.43. The van der Waals surface area contributed by atoms with Crippen molar-refractivity contribution in [3.05, 3.63) is 77.9 Å². The molecule has 0 atom stereocenters. The second-order valence-electron chi connectivity index (χ2n) is 5.64. The number of alkyl halides is 6. The highest BCUT2D eigenvalue weighted by Gasteiger charge is 2.36. The Morgan fingerprint density at radius 3 is 1.52 bits per heavy atom. The summed E-state index contributed by atoms with van der Waals surface area (Å²) in [5.74, 6) is -1.10.